The van der Waals surface area contributed by atoms with Gasteiger partial charge in [0, 0.05) is 17.1 Å². The molecule has 0 spiro atoms. The van der Waals surface area contributed by atoms with Gasteiger partial charge in [-0.3, -0.25) is 4.79 Å². The van der Waals surface area contributed by atoms with Crippen molar-refractivity contribution in [2.75, 3.05) is 0 Å². The molecule has 21 heavy (non-hydrogen) atoms. The van der Waals surface area contributed by atoms with Crippen LogP contribution in [0.3, 0.4) is 0 Å². The minimum Gasteiger partial charge on any atom is -0.303 e. The molecule has 0 bridgehead atoms. The van der Waals surface area contributed by atoms with Crippen molar-refractivity contribution in [3.8, 4) is 17.3 Å². The molecule has 0 unspecified atom stereocenters. The molecule has 0 radical (unpaired) electrons. The van der Waals surface area contributed by atoms with Crippen molar-refractivity contribution in [1.29, 1.82) is 5.26 Å². The number of allylic oxidation sites excluding steroid dienone is 1. The van der Waals surface area contributed by atoms with E-state index in [0.717, 1.165) is 5.57 Å². The lowest BCUT2D eigenvalue weighted by molar-refractivity contribution is 0.755. The number of aromatic nitrogens is 1. The van der Waals surface area contributed by atoms with E-state index in [1.54, 1.807) is 24.3 Å². The van der Waals surface area contributed by atoms with Gasteiger partial charge in [0.2, 0.25) is 0 Å². The summed E-state index contributed by atoms with van der Waals surface area (Å²) < 4.78 is 1.50. The van der Waals surface area contributed by atoms with Crippen LogP contribution < -0.4 is 5.56 Å². The first kappa shape index (κ1) is 15.4. The fourth-order valence-corrected chi connectivity index (χ4v) is 2.53. The summed E-state index contributed by atoms with van der Waals surface area (Å²) in [6.45, 7) is 5.96. The van der Waals surface area contributed by atoms with Crippen LogP contribution in [-0.4, -0.2) is 4.57 Å². The summed E-state index contributed by atoms with van der Waals surface area (Å²) >= 11 is 12.1. The number of benzene rings is 1. The normalized spacial score (nSPS) is 10.2. The van der Waals surface area contributed by atoms with E-state index >= 15 is 0 Å². The van der Waals surface area contributed by atoms with Gasteiger partial charge in [0.05, 0.1) is 10.7 Å². The van der Waals surface area contributed by atoms with Crippen molar-refractivity contribution in [1.82, 2.24) is 4.57 Å². The quantitative estimate of drug-likeness (QED) is 0.793. The Morgan fingerprint density at radius 1 is 1.33 bits per heavy atom. The molecular formula is C16H12Cl2N2O. The first-order chi connectivity index (χ1) is 9.93. The van der Waals surface area contributed by atoms with Gasteiger partial charge >= 0.3 is 0 Å². The van der Waals surface area contributed by atoms with Crippen molar-refractivity contribution >= 4 is 23.2 Å². The molecular weight excluding hydrogens is 307 g/mol. The second kappa shape index (κ2) is 6.17. The van der Waals surface area contributed by atoms with Gasteiger partial charge in [-0.05, 0) is 37.3 Å². The van der Waals surface area contributed by atoms with Crippen LogP contribution >= 0.6 is 23.2 Å². The van der Waals surface area contributed by atoms with Crippen LogP contribution in [0.1, 0.15) is 12.5 Å². The summed E-state index contributed by atoms with van der Waals surface area (Å²) in [5.74, 6) is 0. The predicted molar refractivity (Wildman–Crippen MR) is 85.7 cm³/mol. The van der Waals surface area contributed by atoms with Crippen molar-refractivity contribution < 1.29 is 0 Å². The molecule has 0 saturated heterocycles. The van der Waals surface area contributed by atoms with Crippen molar-refractivity contribution in [3.63, 3.8) is 0 Å². The molecule has 0 aliphatic rings. The highest BCUT2D eigenvalue weighted by Crippen LogP contribution is 2.30. The molecule has 0 saturated carbocycles. The lowest BCUT2D eigenvalue weighted by Crippen LogP contribution is -2.24. The van der Waals surface area contributed by atoms with E-state index in [9.17, 15) is 4.79 Å². The number of nitrogens with zero attached hydrogens (tertiary/aromatic N) is 2. The summed E-state index contributed by atoms with van der Waals surface area (Å²) in [5.41, 5.74) is 1.85. The molecule has 0 aliphatic heterocycles. The van der Waals surface area contributed by atoms with E-state index in [0.29, 0.717) is 27.8 Å². The Balaban J connectivity index is 2.74. The van der Waals surface area contributed by atoms with Crippen LogP contribution in [-0.2, 0) is 6.54 Å². The number of hydrogen-bond acceptors (Lipinski definition) is 2. The lowest BCUT2D eigenvalue weighted by Gasteiger charge is -2.14. The minimum atomic E-state index is -0.357. The van der Waals surface area contributed by atoms with Crippen molar-refractivity contribution in [2.45, 2.75) is 13.5 Å². The van der Waals surface area contributed by atoms with E-state index in [1.165, 1.54) is 10.6 Å². The second-order valence-electron chi connectivity index (χ2n) is 4.72. The Morgan fingerprint density at radius 3 is 2.62 bits per heavy atom. The largest absolute Gasteiger partial charge is 0.303 e. The van der Waals surface area contributed by atoms with Gasteiger partial charge in [-0.1, -0.05) is 35.4 Å². The monoisotopic (exact) mass is 318 g/mol. The predicted octanol–water partition coefficient (Wildman–Crippen LogP) is 4.27. The fourth-order valence-electron chi connectivity index (χ4n) is 2.02. The Hall–Kier alpha value is -2.02. The zero-order valence-electron chi connectivity index (χ0n) is 11.4. The third kappa shape index (κ3) is 3.18. The zero-order valence-corrected chi connectivity index (χ0v) is 12.9. The van der Waals surface area contributed by atoms with E-state index in [2.05, 4.69) is 6.58 Å². The Bertz CT molecular complexity index is 816. The molecule has 1 heterocycles. The fraction of sp³-hybridized carbons (Fsp3) is 0.125. The molecule has 0 N–H and O–H groups in total. The van der Waals surface area contributed by atoms with Gasteiger partial charge < -0.3 is 4.57 Å². The zero-order chi connectivity index (χ0) is 15.6. The summed E-state index contributed by atoms with van der Waals surface area (Å²) in [7, 11) is 0. The van der Waals surface area contributed by atoms with Crippen LogP contribution in [0.5, 0.6) is 0 Å². The molecule has 0 amide bonds. The Kier molecular flexibility index (Phi) is 4.52. The maximum atomic E-state index is 12.3. The first-order valence-corrected chi connectivity index (χ1v) is 6.93. The maximum Gasteiger partial charge on any atom is 0.269 e. The highest BCUT2D eigenvalue weighted by molar-refractivity contribution is 6.36. The molecule has 1 aromatic heterocycles. The third-order valence-corrected chi connectivity index (χ3v) is 3.48. The van der Waals surface area contributed by atoms with Crippen molar-refractivity contribution in [2.24, 2.45) is 0 Å². The van der Waals surface area contributed by atoms with Gasteiger partial charge in [0.25, 0.3) is 5.56 Å². The van der Waals surface area contributed by atoms with Gasteiger partial charge in [-0.25, -0.2) is 0 Å². The summed E-state index contributed by atoms with van der Waals surface area (Å²) in [5, 5.41) is 9.97. The molecule has 3 nitrogen and oxygen atoms in total. The van der Waals surface area contributed by atoms with Crippen molar-refractivity contribution in [3.05, 3.63) is 68.4 Å². The standard InChI is InChI=1S/C16H12Cl2N2O/c1-10(2)9-20-15(6-3-11(8-19)16(20)21)13-5-4-12(17)7-14(13)18/h3-7H,1,9H2,2H3. The number of rotatable bonds is 3. The van der Waals surface area contributed by atoms with E-state index in [1.807, 2.05) is 13.0 Å². The molecule has 0 fully saturated rings. The summed E-state index contributed by atoms with van der Waals surface area (Å²) in [6, 6.07) is 10.2. The smallest absolute Gasteiger partial charge is 0.269 e. The highest BCUT2D eigenvalue weighted by Gasteiger charge is 2.13. The van der Waals surface area contributed by atoms with Gasteiger partial charge in [-0.2, -0.15) is 5.26 Å². The summed E-state index contributed by atoms with van der Waals surface area (Å²) in [4.78, 5) is 12.3. The minimum absolute atomic E-state index is 0.0880. The second-order valence-corrected chi connectivity index (χ2v) is 5.56. The number of hydrogen-bond donors (Lipinski definition) is 0. The van der Waals surface area contributed by atoms with Gasteiger partial charge in [0.1, 0.15) is 11.6 Å². The average Bonchev–Trinajstić information content (AvgIpc) is 2.41. The molecule has 0 atom stereocenters. The topological polar surface area (TPSA) is 45.8 Å². The van der Waals surface area contributed by atoms with E-state index in [-0.39, 0.29) is 11.1 Å². The van der Waals surface area contributed by atoms with Crippen LogP contribution in [0.15, 0.2) is 47.3 Å². The molecule has 2 rings (SSSR count). The Morgan fingerprint density at radius 2 is 2.05 bits per heavy atom. The summed E-state index contributed by atoms with van der Waals surface area (Å²) in [6.07, 6.45) is 0. The van der Waals surface area contributed by atoms with Crippen LogP contribution in [0.4, 0.5) is 0 Å². The lowest BCUT2D eigenvalue weighted by atomic mass is 10.1. The van der Waals surface area contributed by atoms with Crippen LogP contribution in [0.2, 0.25) is 10.0 Å². The van der Waals surface area contributed by atoms with E-state index < -0.39 is 0 Å². The van der Waals surface area contributed by atoms with Gasteiger partial charge in [0.15, 0.2) is 0 Å². The first-order valence-electron chi connectivity index (χ1n) is 6.17. The molecule has 106 valence electrons. The van der Waals surface area contributed by atoms with E-state index in [4.69, 9.17) is 28.5 Å². The number of pyridine rings is 1. The average molecular weight is 319 g/mol. The number of halogens is 2. The van der Waals surface area contributed by atoms with Crippen LogP contribution in [0.25, 0.3) is 11.3 Å². The molecule has 0 aliphatic carbocycles. The number of nitriles is 1. The molecule has 5 heteroatoms. The molecule has 1 aromatic carbocycles. The highest BCUT2D eigenvalue weighted by atomic mass is 35.5. The SMILES string of the molecule is C=C(C)Cn1c(-c2ccc(Cl)cc2Cl)ccc(C#N)c1=O. The Labute approximate surface area is 132 Å². The van der Waals surface area contributed by atoms with Gasteiger partial charge in [-0.15, -0.1) is 0 Å². The third-order valence-electron chi connectivity index (χ3n) is 2.93. The van der Waals surface area contributed by atoms with Crippen LogP contribution in [0, 0.1) is 11.3 Å². The maximum absolute atomic E-state index is 12.3. The molecule has 2 aromatic rings.